The van der Waals surface area contributed by atoms with Gasteiger partial charge in [-0.2, -0.15) is 0 Å². The second kappa shape index (κ2) is 10.7. The first-order chi connectivity index (χ1) is 14.9. The first-order valence-corrected chi connectivity index (χ1v) is 10.6. The molecule has 7 nitrogen and oxygen atoms in total. The Morgan fingerprint density at radius 1 is 1.26 bits per heavy atom. The quantitative estimate of drug-likeness (QED) is 0.528. The van der Waals surface area contributed by atoms with Gasteiger partial charge in [-0.3, -0.25) is 4.79 Å². The number of amides is 1. The second-order valence-electron chi connectivity index (χ2n) is 7.95. The number of ether oxygens (including phenoxy) is 2. The molecule has 0 radical (unpaired) electrons. The number of carbonyl (C=O) groups excluding carboxylic acids is 1. The van der Waals surface area contributed by atoms with Gasteiger partial charge in [-0.25, -0.2) is 4.99 Å². The standard InChI is InChI=1S/C24H32N4O3/c1-17-8-7-9-19(14-17)31-18(2)15-25-24(26-16-23(29)28(3)4)27-21-12-13-30-22-11-6-5-10-20(21)22/h5-11,14,18,21H,12-13,15-16H2,1-4H3,(H2,25,26,27). The number of likely N-dealkylation sites (N-methyl/N-ethyl adjacent to an activating group) is 1. The van der Waals surface area contributed by atoms with Crippen LogP contribution in [0.5, 0.6) is 11.5 Å². The van der Waals surface area contributed by atoms with Crippen molar-refractivity contribution in [2.75, 3.05) is 33.8 Å². The topological polar surface area (TPSA) is 75.2 Å². The highest BCUT2D eigenvalue weighted by Crippen LogP contribution is 2.31. The van der Waals surface area contributed by atoms with Crippen molar-refractivity contribution >= 4 is 11.9 Å². The van der Waals surface area contributed by atoms with Gasteiger partial charge < -0.3 is 25.0 Å². The summed E-state index contributed by atoms with van der Waals surface area (Å²) in [5.41, 5.74) is 2.24. The van der Waals surface area contributed by atoms with Crippen molar-refractivity contribution in [2.45, 2.75) is 32.4 Å². The van der Waals surface area contributed by atoms with Gasteiger partial charge in [0.05, 0.1) is 19.2 Å². The predicted octanol–water partition coefficient (Wildman–Crippen LogP) is 2.91. The molecule has 0 fully saturated rings. The van der Waals surface area contributed by atoms with Crippen LogP contribution in [-0.4, -0.2) is 56.7 Å². The summed E-state index contributed by atoms with van der Waals surface area (Å²) in [6.07, 6.45) is 0.731. The number of guanidine groups is 1. The number of rotatable bonds is 7. The molecule has 2 N–H and O–H groups in total. The minimum Gasteiger partial charge on any atom is -0.493 e. The molecule has 7 heteroatoms. The van der Waals surface area contributed by atoms with E-state index in [2.05, 4.69) is 21.7 Å². The van der Waals surface area contributed by atoms with Crippen molar-refractivity contribution in [3.63, 3.8) is 0 Å². The number of benzene rings is 2. The average molecular weight is 425 g/mol. The molecule has 0 bridgehead atoms. The van der Waals surface area contributed by atoms with Crippen LogP contribution in [0.2, 0.25) is 0 Å². The van der Waals surface area contributed by atoms with Crippen molar-refractivity contribution < 1.29 is 14.3 Å². The Hall–Kier alpha value is -3.22. The molecule has 3 rings (SSSR count). The summed E-state index contributed by atoms with van der Waals surface area (Å²) >= 11 is 0. The van der Waals surface area contributed by atoms with Crippen molar-refractivity contribution in [2.24, 2.45) is 4.99 Å². The van der Waals surface area contributed by atoms with E-state index in [0.29, 0.717) is 19.1 Å². The first kappa shape index (κ1) is 22.5. The zero-order valence-corrected chi connectivity index (χ0v) is 18.7. The van der Waals surface area contributed by atoms with Crippen molar-refractivity contribution in [3.8, 4) is 11.5 Å². The van der Waals surface area contributed by atoms with E-state index in [1.54, 1.807) is 14.1 Å². The maximum atomic E-state index is 12.1. The number of para-hydroxylation sites is 1. The van der Waals surface area contributed by atoms with E-state index < -0.39 is 0 Å². The van der Waals surface area contributed by atoms with Gasteiger partial charge in [0.15, 0.2) is 5.96 Å². The lowest BCUT2D eigenvalue weighted by Gasteiger charge is -2.28. The fourth-order valence-corrected chi connectivity index (χ4v) is 3.30. The van der Waals surface area contributed by atoms with Gasteiger partial charge >= 0.3 is 0 Å². The lowest BCUT2D eigenvalue weighted by Crippen LogP contribution is -2.44. The third-order valence-corrected chi connectivity index (χ3v) is 5.02. The van der Waals surface area contributed by atoms with Gasteiger partial charge in [-0.1, -0.05) is 30.3 Å². The fourth-order valence-electron chi connectivity index (χ4n) is 3.30. The predicted molar refractivity (Wildman–Crippen MR) is 123 cm³/mol. The van der Waals surface area contributed by atoms with Crippen LogP contribution >= 0.6 is 0 Å². The number of aryl methyl sites for hydroxylation is 1. The largest absolute Gasteiger partial charge is 0.493 e. The van der Waals surface area contributed by atoms with Gasteiger partial charge in [-0.15, -0.1) is 0 Å². The molecule has 166 valence electrons. The number of hydrogen-bond acceptors (Lipinski definition) is 4. The van der Waals surface area contributed by atoms with E-state index >= 15 is 0 Å². The summed E-state index contributed by atoms with van der Waals surface area (Å²) in [4.78, 5) is 18.1. The third kappa shape index (κ3) is 6.64. The normalized spacial score (nSPS) is 16.5. The lowest BCUT2D eigenvalue weighted by molar-refractivity contribution is -0.127. The molecule has 0 spiro atoms. The van der Waals surface area contributed by atoms with Crippen LogP contribution in [0.3, 0.4) is 0 Å². The molecule has 2 atom stereocenters. The van der Waals surface area contributed by atoms with E-state index in [1.807, 2.05) is 56.3 Å². The van der Waals surface area contributed by atoms with E-state index in [4.69, 9.17) is 9.47 Å². The molecule has 31 heavy (non-hydrogen) atoms. The number of fused-ring (bicyclic) bond motifs is 1. The van der Waals surface area contributed by atoms with Crippen molar-refractivity contribution in [1.29, 1.82) is 0 Å². The number of hydrogen-bond donors (Lipinski definition) is 2. The zero-order valence-electron chi connectivity index (χ0n) is 18.7. The monoisotopic (exact) mass is 424 g/mol. The lowest BCUT2D eigenvalue weighted by atomic mass is 10.0. The maximum Gasteiger partial charge on any atom is 0.243 e. The summed E-state index contributed by atoms with van der Waals surface area (Å²) in [5, 5.41) is 6.80. The van der Waals surface area contributed by atoms with E-state index in [-0.39, 0.29) is 24.6 Å². The summed E-state index contributed by atoms with van der Waals surface area (Å²) < 4.78 is 11.8. The maximum absolute atomic E-state index is 12.1. The van der Waals surface area contributed by atoms with Crippen LogP contribution in [0.1, 0.15) is 30.5 Å². The Kier molecular flexibility index (Phi) is 7.76. The van der Waals surface area contributed by atoms with Crippen LogP contribution < -0.4 is 20.1 Å². The van der Waals surface area contributed by atoms with Gasteiger partial charge in [-0.05, 0) is 37.6 Å². The van der Waals surface area contributed by atoms with Gasteiger partial charge in [0.1, 0.15) is 24.1 Å². The number of nitrogens with one attached hydrogen (secondary N) is 2. The molecule has 0 saturated carbocycles. The summed E-state index contributed by atoms with van der Waals surface area (Å²) in [5.74, 6) is 2.24. The Labute approximate surface area is 184 Å². The molecule has 2 aromatic rings. The second-order valence-corrected chi connectivity index (χ2v) is 7.95. The molecule has 1 aliphatic rings. The van der Waals surface area contributed by atoms with Crippen LogP contribution in [0.25, 0.3) is 0 Å². The number of carbonyl (C=O) groups is 1. The van der Waals surface area contributed by atoms with Gasteiger partial charge in [0.25, 0.3) is 0 Å². The SMILES string of the molecule is Cc1cccc(OC(C)CNC(=NCC(=O)N(C)C)NC2CCOc3ccccc32)c1. The van der Waals surface area contributed by atoms with Gasteiger partial charge in [0, 0.05) is 26.1 Å². The average Bonchev–Trinajstić information content (AvgIpc) is 2.75. The minimum atomic E-state index is -0.0830. The van der Waals surface area contributed by atoms with E-state index in [0.717, 1.165) is 29.0 Å². The number of aliphatic imine (C=N–C) groups is 1. The molecule has 1 aliphatic heterocycles. The van der Waals surface area contributed by atoms with Crippen LogP contribution in [0.4, 0.5) is 0 Å². The highest BCUT2D eigenvalue weighted by Gasteiger charge is 2.22. The molecule has 0 aliphatic carbocycles. The fraction of sp³-hybridized carbons (Fsp3) is 0.417. The highest BCUT2D eigenvalue weighted by atomic mass is 16.5. The Bertz CT molecular complexity index is 913. The van der Waals surface area contributed by atoms with Gasteiger partial charge in [0.2, 0.25) is 5.91 Å². The van der Waals surface area contributed by atoms with Crippen LogP contribution in [0.15, 0.2) is 53.5 Å². The molecular formula is C24H32N4O3. The van der Waals surface area contributed by atoms with Crippen molar-refractivity contribution in [3.05, 3.63) is 59.7 Å². The molecule has 2 unspecified atom stereocenters. The number of nitrogens with zero attached hydrogens (tertiary/aromatic N) is 2. The smallest absolute Gasteiger partial charge is 0.243 e. The van der Waals surface area contributed by atoms with Crippen molar-refractivity contribution in [1.82, 2.24) is 15.5 Å². The van der Waals surface area contributed by atoms with E-state index in [1.165, 1.54) is 4.90 Å². The zero-order chi connectivity index (χ0) is 22.2. The summed E-state index contributed by atoms with van der Waals surface area (Å²) in [6, 6.07) is 16.0. The molecule has 1 heterocycles. The minimum absolute atomic E-state index is 0.0543. The molecule has 0 aromatic heterocycles. The molecule has 2 aromatic carbocycles. The van der Waals surface area contributed by atoms with E-state index in [9.17, 15) is 4.79 Å². The Balaban J connectivity index is 1.66. The first-order valence-electron chi connectivity index (χ1n) is 10.6. The Morgan fingerprint density at radius 3 is 2.84 bits per heavy atom. The van der Waals surface area contributed by atoms with Crippen LogP contribution in [-0.2, 0) is 4.79 Å². The third-order valence-electron chi connectivity index (χ3n) is 5.02. The van der Waals surface area contributed by atoms with Crippen LogP contribution in [0, 0.1) is 6.92 Å². The molecule has 1 amide bonds. The molecule has 0 saturated heterocycles. The summed E-state index contributed by atoms with van der Waals surface area (Å²) in [6.45, 7) is 5.28. The molecular weight excluding hydrogens is 392 g/mol. The Morgan fingerprint density at radius 2 is 2.06 bits per heavy atom. The highest BCUT2D eigenvalue weighted by molar-refractivity contribution is 5.85. The summed E-state index contributed by atoms with van der Waals surface area (Å²) in [7, 11) is 3.45.